The molecule has 0 bridgehead atoms. The zero-order chi connectivity index (χ0) is 23.1. The van der Waals surface area contributed by atoms with Gasteiger partial charge in [-0.3, -0.25) is 0 Å². The van der Waals surface area contributed by atoms with Crippen LogP contribution in [-0.2, 0) is 18.9 Å². The molecule has 0 aromatic heterocycles. The van der Waals surface area contributed by atoms with Gasteiger partial charge in [0.2, 0.25) is 0 Å². The topological polar surface area (TPSA) is 40.2 Å². The highest BCUT2D eigenvalue weighted by Crippen LogP contribution is 2.42. The van der Waals surface area contributed by atoms with Crippen molar-refractivity contribution in [2.45, 2.75) is 149 Å². The number of rotatable bonds is 21. The van der Waals surface area contributed by atoms with Crippen LogP contribution in [0.25, 0.3) is 0 Å². The number of hydrogen-bond donors (Lipinski definition) is 0. The molecule has 0 aromatic rings. The van der Waals surface area contributed by atoms with Crippen LogP contribution in [0.2, 0.25) is 0 Å². The van der Waals surface area contributed by atoms with Gasteiger partial charge >= 0.3 is 0 Å². The van der Waals surface area contributed by atoms with Crippen LogP contribution in [0.4, 0.5) is 0 Å². The van der Waals surface area contributed by atoms with E-state index in [0.717, 1.165) is 38.0 Å². The fourth-order valence-corrected chi connectivity index (χ4v) is 5.28. The first-order chi connectivity index (χ1) is 15.7. The molecule has 0 radical (unpaired) electrons. The number of unbranched alkanes of at least 4 members (excludes halogenated alkanes) is 5. The minimum atomic E-state index is -0.858. The van der Waals surface area contributed by atoms with Gasteiger partial charge in [0.05, 0.1) is 32.0 Å². The summed E-state index contributed by atoms with van der Waals surface area (Å²) in [5.41, 5.74) is 0. The van der Waals surface area contributed by atoms with Crippen molar-refractivity contribution in [3.63, 3.8) is 0 Å². The first-order valence-corrected chi connectivity index (χ1v) is 14.3. The summed E-state index contributed by atoms with van der Waals surface area (Å²) in [6.45, 7) is 10.9. The van der Waals surface area contributed by atoms with Gasteiger partial charge in [0.15, 0.2) is 0 Å². The van der Waals surface area contributed by atoms with Crippen molar-refractivity contribution in [1.29, 1.82) is 0 Å². The third kappa shape index (κ3) is 9.99. The van der Waals surface area contributed by atoms with Crippen LogP contribution in [0.15, 0.2) is 0 Å². The van der Waals surface area contributed by atoms with Crippen molar-refractivity contribution in [3.05, 3.63) is 0 Å². The van der Waals surface area contributed by atoms with Crippen LogP contribution in [-0.4, -0.2) is 38.0 Å². The Labute approximate surface area is 199 Å². The molecule has 190 valence electrons. The number of epoxide rings is 1. The maximum atomic E-state index is 6.44. The van der Waals surface area contributed by atoms with E-state index in [0.29, 0.717) is 37.9 Å². The Hall–Kier alpha value is -0.160. The highest BCUT2D eigenvalue weighted by Gasteiger charge is 2.44. The van der Waals surface area contributed by atoms with E-state index in [-0.39, 0.29) is 0 Å². The molecule has 1 saturated carbocycles. The summed E-state index contributed by atoms with van der Waals surface area (Å²) in [7, 11) is 0. The van der Waals surface area contributed by atoms with Gasteiger partial charge in [-0.2, -0.15) is 0 Å². The van der Waals surface area contributed by atoms with Gasteiger partial charge in [-0.1, -0.05) is 79.1 Å². The molecule has 4 heteroatoms. The molecule has 0 amide bonds. The Morgan fingerprint density at radius 1 is 0.688 bits per heavy atom. The molecule has 1 saturated heterocycles. The minimum absolute atomic E-state index is 0.312. The van der Waals surface area contributed by atoms with Crippen molar-refractivity contribution in [2.24, 2.45) is 11.8 Å². The summed E-state index contributed by atoms with van der Waals surface area (Å²) >= 11 is 0. The SMILES string of the molecule is CCCCCCCCC(CCCC1CCC2OC2C1)C(OCCC)(OCCC)OCCC. The molecular weight excluding hydrogens is 400 g/mol. The van der Waals surface area contributed by atoms with Crippen LogP contribution >= 0.6 is 0 Å². The standard InChI is InChI=1S/C28H54O4/c1-5-9-10-11-12-13-16-25(17-14-15-24-18-19-26-27(23-24)32-26)28(29-20-6-2,30-21-7-3)31-22-8-4/h24-27H,5-23H2,1-4H3. The summed E-state index contributed by atoms with van der Waals surface area (Å²) in [5, 5.41) is 0. The molecule has 4 unspecified atom stereocenters. The Bertz CT molecular complexity index is 433. The van der Waals surface area contributed by atoms with E-state index in [1.807, 2.05) is 0 Å². The van der Waals surface area contributed by atoms with Crippen molar-refractivity contribution >= 4 is 0 Å². The van der Waals surface area contributed by atoms with Crippen molar-refractivity contribution < 1.29 is 18.9 Å². The quantitative estimate of drug-likeness (QED) is 0.0999. The highest BCUT2D eigenvalue weighted by atomic mass is 16.9. The smallest absolute Gasteiger partial charge is 0.285 e. The molecule has 0 N–H and O–H groups in total. The lowest BCUT2D eigenvalue weighted by atomic mass is 9.84. The van der Waals surface area contributed by atoms with Crippen molar-refractivity contribution in [3.8, 4) is 0 Å². The molecule has 1 aliphatic heterocycles. The van der Waals surface area contributed by atoms with E-state index in [2.05, 4.69) is 27.7 Å². The minimum Gasteiger partial charge on any atom is -0.370 e. The Morgan fingerprint density at radius 2 is 1.28 bits per heavy atom. The van der Waals surface area contributed by atoms with Crippen LogP contribution < -0.4 is 0 Å². The molecular formula is C28H54O4. The van der Waals surface area contributed by atoms with Gasteiger partial charge in [0.1, 0.15) is 0 Å². The second-order valence-electron chi connectivity index (χ2n) is 10.2. The largest absolute Gasteiger partial charge is 0.370 e. The van der Waals surface area contributed by atoms with Crippen LogP contribution in [0.3, 0.4) is 0 Å². The molecule has 2 aliphatic rings. The maximum Gasteiger partial charge on any atom is 0.285 e. The van der Waals surface area contributed by atoms with E-state index in [1.54, 1.807) is 0 Å². The van der Waals surface area contributed by atoms with E-state index in [4.69, 9.17) is 18.9 Å². The fraction of sp³-hybridized carbons (Fsp3) is 1.00. The Morgan fingerprint density at radius 3 is 1.88 bits per heavy atom. The summed E-state index contributed by atoms with van der Waals surface area (Å²) in [6.07, 6.45) is 20.8. The summed E-state index contributed by atoms with van der Waals surface area (Å²) in [4.78, 5) is 0. The van der Waals surface area contributed by atoms with Crippen LogP contribution in [0.1, 0.15) is 130 Å². The number of fused-ring (bicyclic) bond motifs is 1. The summed E-state index contributed by atoms with van der Waals surface area (Å²) in [5.74, 6) is 0.294. The highest BCUT2D eigenvalue weighted by molar-refractivity contribution is 4.91. The van der Waals surface area contributed by atoms with Gasteiger partial charge in [-0.05, 0) is 57.3 Å². The molecule has 1 heterocycles. The monoisotopic (exact) mass is 454 g/mol. The van der Waals surface area contributed by atoms with E-state index >= 15 is 0 Å². The molecule has 4 nitrogen and oxygen atoms in total. The number of hydrogen-bond acceptors (Lipinski definition) is 4. The van der Waals surface area contributed by atoms with E-state index in [9.17, 15) is 0 Å². The molecule has 0 spiro atoms. The molecule has 2 fully saturated rings. The Balaban J connectivity index is 1.97. The van der Waals surface area contributed by atoms with Gasteiger partial charge < -0.3 is 18.9 Å². The Kier molecular flexibility index (Phi) is 14.4. The zero-order valence-electron chi connectivity index (χ0n) is 21.9. The van der Waals surface area contributed by atoms with Gasteiger partial charge in [0, 0.05) is 5.92 Å². The first kappa shape index (κ1) is 28.1. The van der Waals surface area contributed by atoms with E-state index in [1.165, 1.54) is 70.6 Å². The first-order valence-electron chi connectivity index (χ1n) is 14.3. The predicted octanol–water partition coefficient (Wildman–Crippen LogP) is 8.02. The lowest BCUT2D eigenvalue weighted by molar-refractivity contribution is -0.406. The average Bonchev–Trinajstić information content (AvgIpc) is 3.59. The van der Waals surface area contributed by atoms with Gasteiger partial charge in [0.25, 0.3) is 5.97 Å². The van der Waals surface area contributed by atoms with Gasteiger partial charge in [-0.25, -0.2) is 0 Å². The summed E-state index contributed by atoms with van der Waals surface area (Å²) in [6, 6.07) is 0. The van der Waals surface area contributed by atoms with Gasteiger partial charge in [-0.15, -0.1) is 0 Å². The molecule has 2 rings (SSSR count). The lowest BCUT2D eigenvalue weighted by Gasteiger charge is -2.40. The molecule has 32 heavy (non-hydrogen) atoms. The van der Waals surface area contributed by atoms with Crippen LogP contribution in [0.5, 0.6) is 0 Å². The van der Waals surface area contributed by atoms with E-state index < -0.39 is 5.97 Å². The predicted molar refractivity (Wildman–Crippen MR) is 133 cm³/mol. The second kappa shape index (κ2) is 16.5. The molecule has 0 aromatic carbocycles. The summed E-state index contributed by atoms with van der Waals surface area (Å²) < 4.78 is 25.1. The maximum absolute atomic E-state index is 6.44. The third-order valence-corrected chi connectivity index (χ3v) is 7.21. The third-order valence-electron chi connectivity index (χ3n) is 7.21. The van der Waals surface area contributed by atoms with Crippen molar-refractivity contribution in [1.82, 2.24) is 0 Å². The lowest BCUT2D eigenvalue weighted by Crippen LogP contribution is -2.47. The van der Waals surface area contributed by atoms with Crippen LogP contribution in [0, 0.1) is 11.8 Å². The fourth-order valence-electron chi connectivity index (χ4n) is 5.28. The molecule has 1 aliphatic carbocycles. The molecule has 4 atom stereocenters. The average molecular weight is 455 g/mol. The second-order valence-corrected chi connectivity index (χ2v) is 10.2. The normalized spacial score (nSPS) is 23.8. The number of ether oxygens (including phenoxy) is 4. The van der Waals surface area contributed by atoms with Crippen molar-refractivity contribution in [2.75, 3.05) is 19.8 Å². The zero-order valence-corrected chi connectivity index (χ0v) is 21.9.